The Kier molecular flexibility index (Phi) is 3.81. The van der Waals surface area contributed by atoms with Crippen LogP contribution in [-0.2, 0) is 0 Å². The molecule has 2 aromatic carbocycles. The minimum atomic E-state index is 0.268. The smallest absolute Gasteiger partial charge is 0.177 e. The molecule has 0 spiro atoms. The van der Waals surface area contributed by atoms with Crippen molar-refractivity contribution in [2.24, 2.45) is 0 Å². The number of rotatable bonds is 2. The molecule has 0 saturated heterocycles. The average molecular weight is 340 g/mol. The van der Waals surface area contributed by atoms with Gasteiger partial charge in [0.1, 0.15) is 0 Å². The summed E-state index contributed by atoms with van der Waals surface area (Å²) in [4.78, 5) is 0. The monoisotopic (exact) mass is 338 g/mol. The number of anilines is 1. The van der Waals surface area contributed by atoms with E-state index < -0.39 is 0 Å². The summed E-state index contributed by atoms with van der Waals surface area (Å²) in [6.07, 6.45) is 0. The Hall–Kier alpha value is -1.68. The minimum Gasteiger partial charge on any atom is -0.380 e. The van der Waals surface area contributed by atoms with Gasteiger partial charge in [-0.3, -0.25) is 0 Å². The number of halogens is 3. The fourth-order valence-corrected chi connectivity index (χ4v) is 2.59. The van der Waals surface area contributed by atoms with E-state index in [2.05, 4.69) is 5.16 Å². The Bertz CT molecular complexity index is 814. The van der Waals surface area contributed by atoms with Crippen LogP contribution in [0.25, 0.3) is 22.5 Å². The van der Waals surface area contributed by atoms with Crippen LogP contribution in [0.15, 0.2) is 47.0 Å². The third-order valence-electron chi connectivity index (χ3n) is 3.04. The predicted octanol–water partition coefficient (Wildman–Crippen LogP) is 5.55. The van der Waals surface area contributed by atoms with Crippen LogP contribution in [0.1, 0.15) is 0 Å². The minimum absolute atomic E-state index is 0.268. The van der Waals surface area contributed by atoms with Gasteiger partial charge in [-0.15, -0.1) is 0 Å². The van der Waals surface area contributed by atoms with Crippen LogP contribution in [0.2, 0.25) is 15.1 Å². The molecule has 3 rings (SSSR count). The Balaban J connectivity index is 2.22. The average Bonchev–Trinajstić information content (AvgIpc) is 2.84. The lowest BCUT2D eigenvalue weighted by Gasteiger charge is -2.05. The maximum Gasteiger partial charge on any atom is 0.177 e. The van der Waals surface area contributed by atoms with Gasteiger partial charge in [-0.05, 0) is 24.3 Å². The van der Waals surface area contributed by atoms with Crippen LogP contribution >= 0.6 is 34.8 Å². The lowest BCUT2D eigenvalue weighted by atomic mass is 10.0. The van der Waals surface area contributed by atoms with Gasteiger partial charge in [-0.2, -0.15) is 0 Å². The van der Waals surface area contributed by atoms with E-state index in [0.29, 0.717) is 26.4 Å². The first-order chi connectivity index (χ1) is 10.1. The van der Waals surface area contributed by atoms with Crippen LogP contribution in [0.4, 0.5) is 5.82 Å². The van der Waals surface area contributed by atoms with Crippen LogP contribution in [0, 0.1) is 0 Å². The lowest BCUT2D eigenvalue weighted by molar-refractivity contribution is 0.436. The van der Waals surface area contributed by atoms with Gasteiger partial charge in [-0.25, -0.2) is 0 Å². The van der Waals surface area contributed by atoms with E-state index in [-0.39, 0.29) is 5.82 Å². The van der Waals surface area contributed by atoms with E-state index >= 15 is 0 Å². The molecule has 3 nitrogen and oxygen atoms in total. The number of nitrogen functional groups attached to an aromatic ring is 1. The van der Waals surface area contributed by atoms with Crippen LogP contribution in [0.3, 0.4) is 0 Å². The molecule has 0 amide bonds. The molecule has 0 aliphatic heterocycles. The molecule has 0 atom stereocenters. The molecule has 0 saturated carbocycles. The number of nitrogens with two attached hydrogens (primary N) is 1. The van der Waals surface area contributed by atoms with E-state index in [4.69, 9.17) is 45.1 Å². The largest absolute Gasteiger partial charge is 0.380 e. The van der Waals surface area contributed by atoms with Crippen molar-refractivity contribution in [2.45, 2.75) is 0 Å². The molecule has 0 fully saturated rings. The van der Waals surface area contributed by atoms with Gasteiger partial charge in [0.2, 0.25) is 0 Å². The van der Waals surface area contributed by atoms with Crippen LogP contribution < -0.4 is 5.73 Å². The molecule has 106 valence electrons. The SMILES string of the molecule is Nc1noc(-c2ccc(Cl)c(Cl)c2)c1-c1ccccc1Cl. The van der Waals surface area contributed by atoms with E-state index in [0.717, 1.165) is 11.1 Å². The second-order valence-corrected chi connectivity index (χ2v) is 5.60. The van der Waals surface area contributed by atoms with Gasteiger partial charge in [-0.1, -0.05) is 58.2 Å². The van der Waals surface area contributed by atoms with Gasteiger partial charge in [0.05, 0.1) is 15.6 Å². The topological polar surface area (TPSA) is 52.0 Å². The highest BCUT2D eigenvalue weighted by Crippen LogP contribution is 2.40. The van der Waals surface area contributed by atoms with Crippen molar-refractivity contribution in [3.05, 3.63) is 57.5 Å². The Morgan fingerprint density at radius 2 is 1.67 bits per heavy atom. The highest BCUT2D eigenvalue weighted by atomic mass is 35.5. The first-order valence-electron chi connectivity index (χ1n) is 6.03. The van der Waals surface area contributed by atoms with E-state index in [1.807, 2.05) is 18.2 Å². The molecular weight excluding hydrogens is 331 g/mol. The van der Waals surface area contributed by atoms with Crippen molar-refractivity contribution in [3.63, 3.8) is 0 Å². The van der Waals surface area contributed by atoms with Gasteiger partial charge in [0.25, 0.3) is 0 Å². The zero-order chi connectivity index (χ0) is 15.0. The summed E-state index contributed by atoms with van der Waals surface area (Å²) in [5.74, 6) is 0.767. The predicted molar refractivity (Wildman–Crippen MR) is 86.8 cm³/mol. The number of hydrogen-bond donors (Lipinski definition) is 1. The number of aromatic nitrogens is 1. The quantitative estimate of drug-likeness (QED) is 0.666. The van der Waals surface area contributed by atoms with E-state index in [9.17, 15) is 0 Å². The van der Waals surface area contributed by atoms with Gasteiger partial charge < -0.3 is 10.3 Å². The maximum atomic E-state index is 6.23. The summed E-state index contributed by atoms with van der Waals surface area (Å²) >= 11 is 18.2. The fraction of sp³-hybridized carbons (Fsp3) is 0. The van der Waals surface area contributed by atoms with Crippen molar-refractivity contribution < 1.29 is 4.52 Å². The zero-order valence-electron chi connectivity index (χ0n) is 10.6. The third kappa shape index (κ3) is 2.60. The van der Waals surface area contributed by atoms with Crippen molar-refractivity contribution >= 4 is 40.6 Å². The van der Waals surface area contributed by atoms with Crippen molar-refractivity contribution in [1.82, 2.24) is 5.16 Å². The lowest BCUT2D eigenvalue weighted by Crippen LogP contribution is -1.89. The first-order valence-corrected chi connectivity index (χ1v) is 7.17. The molecule has 3 aromatic rings. The fourth-order valence-electron chi connectivity index (χ4n) is 2.06. The summed E-state index contributed by atoms with van der Waals surface area (Å²) in [5.41, 5.74) is 8.04. The van der Waals surface area contributed by atoms with Crippen molar-refractivity contribution in [3.8, 4) is 22.5 Å². The molecule has 21 heavy (non-hydrogen) atoms. The molecule has 0 bridgehead atoms. The van der Waals surface area contributed by atoms with Gasteiger partial charge >= 0.3 is 0 Å². The molecule has 0 aliphatic carbocycles. The second-order valence-electron chi connectivity index (χ2n) is 4.38. The summed E-state index contributed by atoms with van der Waals surface area (Å²) < 4.78 is 5.35. The Morgan fingerprint density at radius 3 is 2.38 bits per heavy atom. The highest BCUT2D eigenvalue weighted by Gasteiger charge is 2.20. The van der Waals surface area contributed by atoms with Gasteiger partial charge in [0, 0.05) is 16.1 Å². The summed E-state index contributed by atoms with van der Waals surface area (Å²) in [6, 6.07) is 12.5. The highest BCUT2D eigenvalue weighted by molar-refractivity contribution is 6.42. The summed E-state index contributed by atoms with van der Waals surface area (Å²) in [5, 5.41) is 5.28. The molecule has 1 aromatic heterocycles. The van der Waals surface area contributed by atoms with E-state index in [1.165, 1.54) is 0 Å². The zero-order valence-corrected chi connectivity index (χ0v) is 12.9. The third-order valence-corrected chi connectivity index (χ3v) is 4.11. The van der Waals surface area contributed by atoms with Crippen LogP contribution in [0.5, 0.6) is 0 Å². The molecule has 0 radical (unpaired) electrons. The summed E-state index contributed by atoms with van der Waals surface area (Å²) in [7, 11) is 0. The second kappa shape index (κ2) is 5.60. The molecule has 0 unspecified atom stereocenters. The number of hydrogen-bond acceptors (Lipinski definition) is 3. The standard InChI is InChI=1S/C15H9Cl3N2O/c16-10-4-2-1-3-9(10)13-14(21-20-15(13)19)8-5-6-11(17)12(18)7-8/h1-7H,(H2,19,20). The maximum absolute atomic E-state index is 6.23. The van der Waals surface area contributed by atoms with Gasteiger partial charge in [0.15, 0.2) is 11.6 Å². The molecular formula is C15H9Cl3N2O. The van der Waals surface area contributed by atoms with Crippen molar-refractivity contribution in [1.29, 1.82) is 0 Å². The molecule has 6 heteroatoms. The Labute approximate surface area is 136 Å². The van der Waals surface area contributed by atoms with E-state index in [1.54, 1.807) is 24.3 Å². The van der Waals surface area contributed by atoms with Crippen LogP contribution in [-0.4, -0.2) is 5.16 Å². The normalized spacial score (nSPS) is 10.8. The van der Waals surface area contributed by atoms with Crippen molar-refractivity contribution in [2.75, 3.05) is 5.73 Å². The first kappa shape index (κ1) is 14.3. The molecule has 2 N–H and O–H groups in total. The molecule has 0 aliphatic rings. The summed E-state index contributed by atoms with van der Waals surface area (Å²) in [6.45, 7) is 0. The number of benzene rings is 2. The number of nitrogens with zero attached hydrogens (tertiary/aromatic N) is 1. The Morgan fingerprint density at radius 1 is 0.905 bits per heavy atom. The molecule has 1 heterocycles.